The predicted octanol–water partition coefficient (Wildman–Crippen LogP) is 2.77. The van der Waals surface area contributed by atoms with Crippen LogP contribution in [0.25, 0.3) is 5.65 Å². The number of aromatic nitrogens is 2. The Bertz CT molecular complexity index is 996. The first-order valence-electron chi connectivity index (χ1n) is 8.52. The van der Waals surface area contributed by atoms with Gasteiger partial charge in [0.2, 0.25) is 0 Å². The van der Waals surface area contributed by atoms with Gasteiger partial charge in [-0.1, -0.05) is 12.1 Å². The van der Waals surface area contributed by atoms with Gasteiger partial charge in [-0.05, 0) is 43.7 Å². The van der Waals surface area contributed by atoms with Crippen LogP contribution in [0.4, 0.5) is 0 Å². The summed E-state index contributed by atoms with van der Waals surface area (Å²) in [5, 5.41) is 9.06. The molecule has 2 aromatic heterocycles. The van der Waals surface area contributed by atoms with Crippen LogP contribution in [-0.4, -0.2) is 44.4 Å². The van der Waals surface area contributed by atoms with Crippen LogP contribution in [0.1, 0.15) is 28.5 Å². The Morgan fingerprint density at radius 3 is 2.78 bits per heavy atom. The number of hydrogen-bond donors (Lipinski definition) is 1. The lowest BCUT2D eigenvalue weighted by atomic mass is 10.1. The van der Waals surface area contributed by atoms with Crippen LogP contribution in [0.3, 0.4) is 0 Å². The second kappa shape index (κ2) is 7.49. The summed E-state index contributed by atoms with van der Waals surface area (Å²) >= 11 is 0. The summed E-state index contributed by atoms with van der Waals surface area (Å²) in [4.78, 5) is 29.2. The summed E-state index contributed by atoms with van der Waals surface area (Å²) < 4.78 is 7.71. The molecule has 7 heteroatoms. The van der Waals surface area contributed by atoms with Crippen molar-refractivity contribution in [3.63, 3.8) is 0 Å². The Hall–Kier alpha value is -3.35. The first-order valence-corrected chi connectivity index (χ1v) is 8.52. The van der Waals surface area contributed by atoms with Gasteiger partial charge in [0, 0.05) is 25.0 Å². The molecule has 0 spiro atoms. The number of amides is 1. The van der Waals surface area contributed by atoms with Crippen molar-refractivity contribution in [2.45, 2.75) is 26.5 Å². The number of nitrogens with zero attached hydrogens (tertiary/aromatic N) is 3. The van der Waals surface area contributed by atoms with E-state index in [9.17, 15) is 9.59 Å². The van der Waals surface area contributed by atoms with Crippen molar-refractivity contribution in [3.8, 4) is 5.75 Å². The van der Waals surface area contributed by atoms with E-state index < -0.39 is 12.0 Å². The molecule has 3 aromatic rings. The minimum Gasteiger partial charge on any atom is -0.487 e. The lowest BCUT2D eigenvalue weighted by molar-refractivity contribution is -0.141. The molecule has 7 nitrogen and oxygen atoms in total. The summed E-state index contributed by atoms with van der Waals surface area (Å²) in [6.45, 7) is 3.74. The van der Waals surface area contributed by atoms with Crippen LogP contribution in [0.5, 0.6) is 5.75 Å². The number of aliphatic carboxylic acids is 1. The van der Waals surface area contributed by atoms with Crippen molar-refractivity contribution in [3.05, 3.63) is 65.6 Å². The van der Waals surface area contributed by atoms with E-state index in [1.165, 1.54) is 18.9 Å². The predicted molar refractivity (Wildman–Crippen MR) is 99.9 cm³/mol. The van der Waals surface area contributed by atoms with Gasteiger partial charge in [-0.3, -0.25) is 4.79 Å². The van der Waals surface area contributed by atoms with Gasteiger partial charge in [-0.2, -0.15) is 0 Å². The quantitative estimate of drug-likeness (QED) is 0.724. The van der Waals surface area contributed by atoms with Gasteiger partial charge in [0.1, 0.15) is 24.0 Å². The van der Waals surface area contributed by atoms with Crippen molar-refractivity contribution in [2.24, 2.45) is 0 Å². The molecular weight excluding hydrogens is 346 g/mol. The molecule has 1 N–H and O–H groups in total. The number of carbonyl (C=O) groups excluding carboxylic acids is 1. The van der Waals surface area contributed by atoms with Crippen molar-refractivity contribution >= 4 is 17.5 Å². The molecule has 3 rings (SSSR count). The molecule has 0 radical (unpaired) electrons. The van der Waals surface area contributed by atoms with Gasteiger partial charge in [-0.15, -0.1) is 0 Å². The van der Waals surface area contributed by atoms with Gasteiger partial charge in [0.25, 0.3) is 5.91 Å². The van der Waals surface area contributed by atoms with Crippen LogP contribution >= 0.6 is 0 Å². The summed E-state index contributed by atoms with van der Waals surface area (Å²) in [5.41, 5.74) is 3.12. The SMILES string of the molecule is Cc1ccc2nc(COc3cccc(C(=O)N(C)C(C)C(=O)O)c3)cn2c1. The fourth-order valence-corrected chi connectivity index (χ4v) is 2.65. The fourth-order valence-electron chi connectivity index (χ4n) is 2.65. The van der Waals surface area contributed by atoms with Gasteiger partial charge in [0.05, 0.1) is 5.69 Å². The minimum absolute atomic E-state index is 0.264. The number of aryl methyl sites for hydroxylation is 1. The molecule has 0 aliphatic heterocycles. The zero-order valence-corrected chi connectivity index (χ0v) is 15.4. The molecule has 1 atom stereocenters. The summed E-state index contributed by atoms with van der Waals surface area (Å²) in [7, 11) is 1.47. The van der Waals surface area contributed by atoms with Gasteiger partial charge in [-0.25, -0.2) is 9.78 Å². The molecule has 0 aliphatic rings. The standard InChI is InChI=1S/C20H21N3O4/c1-13-7-8-18-21-16(11-23(18)10-13)12-27-17-6-4-5-15(9-17)19(24)22(3)14(2)20(25)26/h4-11,14H,12H2,1-3H3,(H,25,26). The molecule has 0 saturated carbocycles. The molecule has 1 unspecified atom stereocenters. The lowest BCUT2D eigenvalue weighted by Crippen LogP contribution is -2.40. The maximum atomic E-state index is 12.5. The maximum Gasteiger partial charge on any atom is 0.326 e. The molecule has 0 fully saturated rings. The first-order chi connectivity index (χ1) is 12.8. The van der Waals surface area contributed by atoms with Crippen LogP contribution in [-0.2, 0) is 11.4 Å². The number of imidazole rings is 1. The average molecular weight is 367 g/mol. The van der Waals surface area contributed by atoms with Crippen LogP contribution in [0.2, 0.25) is 0 Å². The highest BCUT2D eigenvalue weighted by molar-refractivity contribution is 5.96. The number of carbonyl (C=O) groups is 2. The van der Waals surface area contributed by atoms with Crippen molar-refractivity contribution in [2.75, 3.05) is 7.05 Å². The number of fused-ring (bicyclic) bond motifs is 1. The number of pyridine rings is 1. The van der Waals surface area contributed by atoms with E-state index in [2.05, 4.69) is 4.98 Å². The summed E-state index contributed by atoms with van der Waals surface area (Å²) in [5.74, 6) is -0.913. The van der Waals surface area contributed by atoms with Gasteiger partial charge < -0.3 is 19.1 Å². The number of rotatable bonds is 6. The Labute approximate surface area is 156 Å². The Morgan fingerprint density at radius 2 is 2.04 bits per heavy atom. The zero-order chi connectivity index (χ0) is 19.6. The van der Waals surface area contributed by atoms with E-state index >= 15 is 0 Å². The molecule has 0 saturated heterocycles. The number of hydrogen-bond acceptors (Lipinski definition) is 4. The third-order valence-electron chi connectivity index (χ3n) is 4.38. The van der Waals surface area contributed by atoms with Gasteiger partial charge >= 0.3 is 5.97 Å². The second-order valence-electron chi connectivity index (χ2n) is 6.45. The number of likely N-dealkylation sites (N-methyl/N-ethyl adjacent to an activating group) is 1. The Morgan fingerprint density at radius 1 is 1.26 bits per heavy atom. The van der Waals surface area contributed by atoms with E-state index in [0.717, 1.165) is 16.9 Å². The summed E-state index contributed by atoms with van der Waals surface area (Å²) in [6.07, 6.45) is 3.89. The smallest absolute Gasteiger partial charge is 0.326 e. The van der Waals surface area contributed by atoms with Crippen molar-refractivity contribution < 1.29 is 19.4 Å². The van der Waals surface area contributed by atoms with E-state index in [1.54, 1.807) is 24.3 Å². The molecule has 2 heterocycles. The normalized spacial score (nSPS) is 12.0. The average Bonchev–Trinajstić information content (AvgIpc) is 3.06. The highest BCUT2D eigenvalue weighted by Crippen LogP contribution is 2.17. The molecule has 1 amide bonds. The number of carboxylic acids is 1. The van der Waals surface area contributed by atoms with E-state index in [1.807, 2.05) is 35.9 Å². The monoisotopic (exact) mass is 367 g/mol. The van der Waals surface area contributed by atoms with Crippen LogP contribution in [0, 0.1) is 6.92 Å². The van der Waals surface area contributed by atoms with E-state index in [0.29, 0.717) is 11.3 Å². The summed E-state index contributed by atoms with van der Waals surface area (Å²) in [6, 6.07) is 9.71. The molecule has 0 aliphatic carbocycles. The third-order valence-corrected chi connectivity index (χ3v) is 4.38. The Balaban J connectivity index is 1.71. The van der Waals surface area contributed by atoms with E-state index in [-0.39, 0.29) is 12.5 Å². The van der Waals surface area contributed by atoms with Crippen molar-refractivity contribution in [1.82, 2.24) is 14.3 Å². The molecule has 140 valence electrons. The Kier molecular flexibility index (Phi) is 5.12. The van der Waals surface area contributed by atoms with Crippen molar-refractivity contribution in [1.29, 1.82) is 0 Å². The maximum absolute atomic E-state index is 12.5. The fraction of sp³-hybridized carbons (Fsp3) is 0.250. The highest BCUT2D eigenvalue weighted by atomic mass is 16.5. The zero-order valence-electron chi connectivity index (χ0n) is 15.4. The minimum atomic E-state index is -1.06. The number of ether oxygens (including phenoxy) is 1. The molecule has 1 aromatic carbocycles. The number of carboxylic acid groups (broad SMARTS) is 1. The largest absolute Gasteiger partial charge is 0.487 e. The highest BCUT2D eigenvalue weighted by Gasteiger charge is 2.22. The molecule has 27 heavy (non-hydrogen) atoms. The van der Waals surface area contributed by atoms with Crippen LogP contribution in [0.15, 0.2) is 48.8 Å². The van der Waals surface area contributed by atoms with Gasteiger partial charge in [0.15, 0.2) is 0 Å². The number of benzene rings is 1. The molecular formula is C20H21N3O4. The lowest BCUT2D eigenvalue weighted by Gasteiger charge is -2.21. The first kappa shape index (κ1) is 18.4. The van der Waals surface area contributed by atoms with E-state index in [4.69, 9.17) is 9.84 Å². The molecule has 0 bridgehead atoms. The second-order valence-corrected chi connectivity index (χ2v) is 6.45. The third kappa shape index (κ3) is 4.08. The van der Waals surface area contributed by atoms with Crippen LogP contribution < -0.4 is 4.74 Å². The topological polar surface area (TPSA) is 84.1 Å².